The van der Waals surface area contributed by atoms with Crippen LogP contribution in [-0.4, -0.2) is 22.7 Å². The van der Waals surface area contributed by atoms with E-state index in [1.807, 2.05) is 38.2 Å². The molecule has 1 aromatic heterocycles. The first-order chi connectivity index (χ1) is 9.70. The molecule has 4 nitrogen and oxygen atoms in total. The second-order valence-corrected chi connectivity index (χ2v) is 4.52. The van der Waals surface area contributed by atoms with Crippen molar-refractivity contribution < 1.29 is 4.74 Å². The van der Waals surface area contributed by atoms with Crippen molar-refractivity contribution in [2.45, 2.75) is 20.4 Å². The average molecular weight is 269 g/mol. The van der Waals surface area contributed by atoms with Gasteiger partial charge in [-0.2, -0.15) is 0 Å². The smallest absolute Gasteiger partial charge is 0.135 e. The van der Waals surface area contributed by atoms with Crippen molar-refractivity contribution in [3.63, 3.8) is 0 Å². The number of nitrogens with zero attached hydrogens (tertiary/aromatic N) is 2. The number of ether oxygens (including phenoxy) is 1. The van der Waals surface area contributed by atoms with Crippen LogP contribution in [0.5, 0.6) is 5.75 Å². The highest BCUT2D eigenvalue weighted by molar-refractivity contribution is 5.48. The van der Waals surface area contributed by atoms with Crippen LogP contribution in [0.25, 0.3) is 0 Å². The van der Waals surface area contributed by atoms with Crippen molar-refractivity contribution in [3.8, 4) is 17.6 Å². The van der Waals surface area contributed by atoms with Crippen LogP contribution in [0, 0.1) is 25.7 Å². The van der Waals surface area contributed by atoms with Gasteiger partial charge in [0.15, 0.2) is 0 Å². The van der Waals surface area contributed by atoms with Crippen LogP contribution in [0.4, 0.5) is 0 Å². The Labute approximate surface area is 119 Å². The fraction of sp³-hybridized carbons (Fsp3) is 0.312. The first-order valence-corrected chi connectivity index (χ1v) is 6.61. The van der Waals surface area contributed by atoms with E-state index in [4.69, 9.17) is 10.5 Å². The van der Waals surface area contributed by atoms with E-state index in [0.717, 1.165) is 29.2 Å². The van der Waals surface area contributed by atoms with Gasteiger partial charge in [-0.25, -0.2) is 4.98 Å². The monoisotopic (exact) mass is 269 g/mol. The molecule has 2 N–H and O–H groups in total. The third-order valence-corrected chi connectivity index (χ3v) is 2.97. The van der Waals surface area contributed by atoms with Crippen molar-refractivity contribution in [2.75, 3.05) is 13.2 Å². The van der Waals surface area contributed by atoms with Crippen molar-refractivity contribution in [2.24, 2.45) is 5.73 Å². The first-order valence-electron chi connectivity index (χ1n) is 6.61. The summed E-state index contributed by atoms with van der Waals surface area (Å²) >= 11 is 0. The molecule has 1 aromatic carbocycles. The second-order valence-electron chi connectivity index (χ2n) is 4.52. The Morgan fingerprint density at radius 1 is 1.35 bits per heavy atom. The zero-order chi connectivity index (χ0) is 14.4. The van der Waals surface area contributed by atoms with Crippen LogP contribution in [0.2, 0.25) is 0 Å². The number of aryl methyl sites for hydroxylation is 2. The third kappa shape index (κ3) is 3.62. The molecule has 1 heterocycles. The number of hydrogen-bond donors (Lipinski definition) is 1. The van der Waals surface area contributed by atoms with Crippen LogP contribution >= 0.6 is 0 Å². The molecule has 0 spiro atoms. The summed E-state index contributed by atoms with van der Waals surface area (Å²) in [5.41, 5.74) is 7.46. The van der Waals surface area contributed by atoms with E-state index in [9.17, 15) is 0 Å². The molecule has 0 aliphatic rings. The molecule has 0 unspecified atom stereocenters. The quantitative estimate of drug-likeness (QED) is 0.862. The van der Waals surface area contributed by atoms with Gasteiger partial charge in [-0.05, 0) is 31.5 Å². The van der Waals surface area contributed by atoms with E-state index in [-0.39, 0.29) is 0 Å². The Balaban J connectivity index is 2.03. The molecule has 0 aliphatic heterocycles. The van der Waals surface area contributed by atoms with E-state index in [2.05, 4.69) is 21.4 Å². The number of aromatic nitrogens is 2. The maximum absolute atomic E-state index is 5.83. The minimum atomic E-state index is 0.349. The largest absolute Gasteiger partial charge is 0.490 e. The SMILES string of the molecule is Cc1ccc(OCCn2ccnc2C)c(C#CCN)c1. The number of hydrogen-bond acceptors (Lipinski definition) is 3. The molecule has 0 amide bonds. The maximum atomic E-state index is 5.83. The van der Waals surface area contributed by atoms with Crippen LogP contribution < -0.4 is 10.5 Å². The molecule has 0 atom stereocenters. The molecule has 20 heavy (non-hydrogen) atoms. The van der Waals surface area contributed by atoms with Crippen LogP contribution in [-0.2, 0) is 6.54 Å². The van der Waals surface area contributed by atoms with Gasteiger partial charge in [-0.1, -0.05) is 17.9 Å². The highest BCUT2D eigenvalue weighted by Gasteiger charge is 2.03. The summed E-state index contributed by atoms with van der Waals surface area (Å²) < 4.78 is 7.88. The van der Waals surface area contributed by atoms with Gasteiger partial charge in [0.2, 0.25) is 0 Å². The van der Waals surface area contributed by atoms with Gasteiger partial charge in [-0.15, -0.1) is 0 Å². The summed E-state index contributed by atoms with van der Waals surface area (Å²) in [5, 5.41) is 0. The molecule has 0 aliphatic carbocycles. The van der Waals surface area contributed by atoms with E-state index in [0.29, 0.717) is 13.2 Å². The van der Waals surface area contributed by atoms with Crippen LogP contribution in [0.3, 0.4) is 0 Å². The summed E-state index contributed by atoms with van der Waals surface area (Å²) in [6.07, 6.45) is 3.74. The van der Waals surface area contributed by atoms with Gasteiger partial charge in [-0.3, -0.25) is 0 Å². The van der Waals surface area contributed by atoms with Crippen LogP contribution in [0.15, 0.2) is 30.6 Å². The van der Waals surface area contributed by atoms with E-state index in [1.165, 1.54) is 0 Å². The van der Waals surface area contributed by atoms with Gasteiger partial charge in [0.05, 0.1) is 18.7 Å². The molecule has 2 rings (SSSR count). The zero-order valence-electron chi connectivity index (χ0n) is 11.9. The fourth-order valence-electron chi connectivity index (χ4n) is 1.91. The third-order valence-electron chi connectivity index (χ3n) is 2.97. The molecule has 0 radical (unpaired) electrons. The van der Waals surface area contributed by atoms with E-state index < -0.39 is 0 Å². The second kappa shape index (κ2) is 6.78. The Bertz CT molecular complexity index is 635. The summed E-state index contributed by atoms with van der Waals surface area (Å²) in [4.78, 5) is 4.18. The Morgan fingerprint density at radius 3 is 2.90 bits per heavy atom. The van der Waals surface area contributed by atoms with E-state index in [1.54, 1.807) is 6.20 Å². The first kappa shape index (κ1) is 14.2. The minimum absolute atomic E-state index is 0.349. The standard InChI is InChI=1S/C16H19N3O/c1-13-5-6-16(15(12-13)4-3-7-17)20-11-10-19-9-8-18-14(19)2/h5-6,8-9,12H,7,10-11,17H2,1-2H3. The molecular formula is C16H19N3O. The lowest BCUT2D eigenvalue weighted by Gasteiger charge is -2.10. The van der Waals surface area contributed by atoms with Gasteiger partial charge in [0.1, 0.15) is 18.2 Å². The Kier molecular flexibility index (Phi) is 4.80. The maximum Gasteiger partial charge on any atom is 0.135 e. The summed E-state index contributed by atoms with van der Waals surface area (Å²) in [7, 11) is 0. The Hall–Kier alpha value is -2.25. The highest BCUT2D eigenvalue weighted by atomic mass is 16.5. The zero-order valence-corrected chi connectivity index (χ0v) is 11.9. The van der Waals surface area contributed by atoms with Gasteiger partial charge in [0.25, 0.3) is 0 Å². The number of imidazole rings is 1. The predicted molar refractivity (Wildman–Crippen MR) is 79.6 cm³/mol. The lowest BCUT2D eigenvalue weighted by Crippen LogP contribution is -2.09. The minimum Gasteiger partial charge on any atom is -0.490 e. The average Bonchev–Trinajstić information content (AvgIpc) is 2.84. The van der Waals surface area contributed by atoms with Crippen LogP contribution in [0.1, 0.15) is 17.0 Å². The lowest BCUT2D eigenvalue weighted by atomic mass is 10.1. The van der Waals surface area contributed by atoms with Gasteiger partial charge >= 0.3 is 0 Å². The van der Waals surface area contributed by atoms with Gasteiger partial charge < -0.3 is 15.0 Å². The topological polar surface area (TPSA) is 53.1 Å². The highest BCUT2D eigenvalue weighted by Crippen LogP contribution is 2.19. The molecule has 4 heteroatoms. The van der Waals surface area contributed by atoms with Crippen molar-refractivity contribution in [3.05, 3.63) is 47.5 Å². The lowest BCUT2D eigenvalue weighted by molar-refractivity contribution is 0.296. The molecule has 2 aromatic rings. The molecule has 0 fully saturated rings. The summed E-state index contributed by atoms with van der Waals surface area (Å²) in [6.45, 7) is 5.71. The van der Waals surface area contributed by atoms with Crippen molar-refractivity contribution in [1.82, 2.24) is 9.55 Å². The summed E-state index contributed by atoms with van der Waals surface area (Å²) in [6, 6.07) is 5.99. The van der Waals surface area contributed by atoms with Crippen molar-refractivity contribution >= 4 is 0 Å². The molecule has 0 saturated carbocycles. The summed E-state index contributed by atoms with van der Waals surface area (Å²) in [5.74, 6) is 7.70. The number of rotatable bonds is 4. The molecule has 104 valence electrons. The van der Waals surface area contributed by atoms with E-state index >= 15 is 0 Å². The Morgan fingerprint density at radius 2 is 2.20 bits per heavy atom. The molecule has 0 saturated heterocycles. The molecular weight excluding hydrogens is 250 g/mol. The fourth-order valence-corrected chi connectivity index (χ4v) is 1.91. The predicted octanol–water partition coefficient (Wildman–Crippen LogP) is 1.89. The van der Waals surface area contributed by atoms with Crippen molar-refractivity contribution in [1.29, 1.82) is 0 Å². The normalized spacial score (nSPS) is 9.95. The molecule has 0 bridgehead atoms. The number of nitrogens with two attached hydrogens (primary N) is 1. The van der Waals surface area contributed by atoms with Gasteiger partial charge in [0, 0.05) is 12.4 Å². The number of benzene rings is 1.